The van der Waals surface area contributed by atoms with E-state index in [2.05, 4.69) is 15.4 Å². The van der Waals surface area contributed by atoms with E-state index in [9.17, 15) is 23.1 Å². The number of phenols is 1. The van der Waals surface area contributed by atoms with Crippen molar-refractivity contribution in [3.63, 3.8) is 0 Å². The number of amides is 2. The van der Waals surface area contributed by atoms with Crippen LogP contribution in [0.15, 0.2) is 71.6 Å². The van der Waals surface area contributed by atoms with Crippen molar-refractivity contribution in [2.24, 2.45) is 0 Å². The molecule has 3 aromatic rings. The van der Waals surface area contributed by atoms with Crippen LogP contribution in [0.3, 0.4) is 0 Å². The fourth-order valence-corrected chi connectivity index (χ4v) is 4.13. The summed E-state index contributed by atoms with van der Waals surface area (Å²) in [5.74, 6) is -0.153. The molecule has 0 atom stereocenters. The molecule has 3 aromatic carbocycles. The third-order valence-corrected chi connectivity index (χ3v) is 6.31. The van der Waals surface area contributed by atoms with Crippen LogP contribution in [-0.4, -0.2) is 45.5 Å². The topological polar surface area (TPSA) is 134 Å². The number of carbonyl (C=O) groups excluding carboxylic acids is 2. The van der Waals surface area contributed by atoms with Crippen LogP contribution < -0.4 is 20.1 Å². The molecule has 10 heteroatoms. The molecule has 0 fully saturated rings. The number of hydrogen-bond acceptors (Lipinski definition) is 6. The number of anilines is 1. The second-order valence-corrected chi connectivity index (χ2v) is 9.05. The summed E-state index contributed by atoms with van der Waals surface area (Å²) in [6.45, 7) is 2.01. The van der Waals surface area contributed by atoms with Gasteiger partial charge in [-0.3, -0.25) is 14.3 Å². The molecule has 0 saturated carbocycles. The number of phenolic OH excluding ortho intramolecular Hbond substituents is 1. The molecular weight excluding hydrogens is 458 g/mol. The molecule has 0 aromatic heterocycles. The Bertz CT molecular complexity index is 1270. The Labute approximate surface area is 197 Å². The Morgan fingerprint density at radius 3 is 2.12 bits per heavy atom. The molecule has 0 aliphatic rings. The fourth-order valence-electron chi connectivity index (χ4n) is 3.05. The number of sulfonamides is 1. The number of carbonyl (C=O) groups is 2. The first-order valence-electron chi connectivity index (χ1n) is 10.3. The molecule has 0 bridgehead atoms. The van der Waals surface area contributed by atoms with E-state index in [0.717, 1.165) is 0 Å². The number of ether oxygens (including phenoxy) is 1. The minimum absolute atomic E-state index is 0.0558. The number of methoxy groups -OCH3 is 1. The standard InChI is InChI=1S/C24H25N3O6S/c1-16-3-12-21(34(31,32)27-18-6-10-20(33-2)11-7-18)15-22(16)24(30)26-14-13-25-23(29)17-4-8-19(28)9-5-17/h3-12,15,27-28H,13-14H2,1-2H3,(H,25,29)(H,26,30). The lowest BCUT2D eigenvalue weighted by atomic mass is 10.1. The molecule has 9 nitrogen and oxygen atoms in total. The highest BCUT2D eigenvalue weighted by Crippen LogP contribution is 2.21. The second kappa shape index (κ2) is 10.7. The fraction of sp³-hybridized carbons (Fsp3) is 0.167. The molecule has 0 aliphatic carbocycles. The van der Waals surface area contributed by atoms with Crippen LogP contribution in [0.25, 0.3) is 0 Å². The van der Waals surface area contributed by atoms with E-state index >= 15 is 0 Å². The van der Waals surface area contributed by atoms with Gasteiger partial charge in [-0.15, -0.1) is 0 Å². The Kier molecular flexibility index (Phi) is 7.75. The van der Waals surface area contributed by atoms with Gasteiger partial charge in [0, 0.05) is 29.9 Å². The number of benzene rings is 3. The number of nitrogens with one attached hydrogen (secondary N) is 3. The van der Waals surface area contributed by atoms with Gasteiger partial charge in [-0.25, -0.2) is 8.42 Å². The molecule has 0 heterocycles. The zero-order chi connectivity index (χ0) is 24.7. The van der Waals surface area contributed by atoms with E-state index in [0.29, 0.717) is 22.6 Å². The van der Waals surface area contributed by atoms with Crippen molar-refractivity contribution in [2.75, 3.05) is 24.9 Å². The van der Waals surface area contributed by atoms with Gasteiger partial charge in [-0.05, 0) is 73.2 Å². The van der Waals surface area contributed by atoms with Crippen LogP contribution in [0.4, 0.5) is 5.69 Å². The van der Waals surface area contributed by atoms with Crippen molar-refractivity contribution in [1.82, 2.24) is 10.6 Å². The average molecular weight is 484 g/mol. The molecule has 0 unspecified atom stereocenters. The van der Waals surface area contributed by atoms with Crippen LogP contribution in [0.2, 0.25) is 0 Å². The predicted octanol–water partition coefficient (Wildman–Crippen LogP) is 2.67. The minimum atomic E-state index is -3.92. The third-order valence-electron chi connectivity index (χ3n) is 4.93. The number of aryl methyl sites for hydroxylation is 1. The summed E-state index contributed by atoms with van der Waals surface area (Å²) < 4.78 is 33.1. The first-order chi connectivity index (χ1) is 16.2. The van der Waals surface area contributed by atoms with Crippen LogP contribution in [0.1, 0.15) is 26.3 Å². The molecule has 4 N–H and O–H groups in total. The van der Waals surface area contributed by atoms with E-state index in [1.165, 1.54) is 43.5 Å². The van der Waals surface area contributed by atoms with Gasteiger partial charge in [0.2, 0.25) is 0 Å². The van der Waals surface area contributed by atoms with Gasteiger partial charge in [0.1, 0.15) is 11.5 Å². The Balaban J connectivity index is 1.61. The van der Waals surface area contributed by atoms with Gasteiger partial charge in [0.25, 0.3) is 21.8 Å². The number of aromatic hydroxyl groups is 1. The summed E-state index contributed by atoms with van der Waals surface area (Å²) in [5, 5.41) is 14.6. The van der Waals surface area contributed by atoms with E-state index in [1.807, 2.05) is 0 Å². The monoisotopic (exact) mass is 483 g/mol. The highest BCUT2D eigenvalue weighted by Gasteiger charge is 2.18. The summed E-state index contributed by atoms with van der Waals surface area (Å²) >= 11 is 0. The summed E-state index contributed by atoms with van der Waals surface area (Å²) in [5.41, 5.74) is 1.55. The summed E-state index contributed by atoms with van der Waals surface area (Å²) in [7, 11) is -2.41. The van der Waals surface area contributed by atoms with Crippen molar-refractivity contribution in [3.8, 4) is 11.5 Å². The lowest BCUT2D eigenvalue weighted by Crippen LogP contribution is -2.35. The minimum Gasteiger partial charge on any atom is -0.508 e. The van der Waals surface area contributed by atoms with Gasteiger partial charge < -0.3 is 20.5 Å². The van der Waals surface area contributed by atoms with Crippen molar-refractivity contribution in [1.29, 1.82) is 0 Å². The first kappa shape index (κ1) is 24.6. The van der Waals surface area contributed by atoms with E-state index in [4.69, 9.17) is 4.74 Å². The highest BCUT2D eigenvalue weighted by molar-refractivity contribution is 7.92. The van der Waals surface area contributed by atoms with Crippen molar-refractivity contribution < 1.29 is 27.9 Å². The zero-order valence-electron chi connectivity index (χ0n) is 18.7. The largest absolute Gasteiger partial charge is 0.508 e. The van der Waals surface area contributed by atoms with E-state index < -0.39 is 15.9 Å². The summed E-state index contributed by atoms with van der Waals surface area (Å²) in [4.78, 5) is 24.7. The molecule has 0 radical (unpaired) electrons. The summed E-state index contributed by atoms with van der Waals surface area (Å²) in [6.07, 6.45) is 0. The number of hydrogen-bond donors (Lipinski definition) is 4. The Hall–Kier alpha value is -4.05. The average Bonchev–Trinajstić information content (AvgIpc) is 2.82. The quantitative estimate of drug-likeness (QED) is 0.346. The highest BCUT2D eigenvalue weighted by atomic mass is 32.2. The van der Waals surface area contributed by atoms with Crippen molar-refractivity contribution in [3.05, 3.63) is 83.4 Å². The van der Waals surface area contributed by atoms with Crippen molar-refractivity contribution in [2.45, 2.75) is 11.8 Å². The van der Waals surface area contributed by atoms with E-state index in [-0.39, 0.29) is 35.2 Å². The molecular formula is C24H25N3O6S. The van der Waals surface area contributed by atoms with Gasteiger partial charge in [-0.1, -0.05) is 6.07 Å². The van der Waals surface area contributed by atoms with Gasteiger partial charge in [-0.2, -0.15) is 0 Å². The molecule has 34 heavy (non-hydrogen) atoms. The lowest BCUT2D eigenvalue weighted by Gasteiger charge is -2.12. The van der Waals surface area contributed by atoms with Crippen LogP contribution in [0.5, 0.6) is 11.5 Å². The zero-order valence-corrected chi connectivity index (χ0v) is 19.5. The van der Waals surface area contributed by atoms with Crippen LogP contribution >= 0.6 is 0 Å². The Morgan fingerprint density at radius 2 is 1.50 bits per heavy atom. The van der Waals surface area contributed by atoms with Gasteiger partial charge in [0.05, 0.1) is 12.0 Å². The maximum Gasteiger partial charge on any atom is 0.261 e. The normalized spacial score (nSPS) is 10.9. The molecule has 0 spiro atoms. The van der Waals surface area contributed by atoms with Crippen LogP contribution in [-0.2, 0) is 10.0 Å². The predicted molar refractivity (Wildman–Crippen MR) is 128 cm³/mol. The third kappa shape index (κ3) is 6.26. The van der Waals surface area contributed by atoms with E-state index in [1.54, 1.807) is 37.3 Å². The maximum absolute atomic E-state index is 12.8. The van der Waals surface area contributed by atoms with Gasteiger partial charge >= 0.3 is 0 Å². The smallest absolute Gasteiger partial charge is 0.261 e. The second-order valence-electron chi connectivity index (χ2n) is 7.37. The Morgan fingerprint density at radius 1 is 0.882 bits per heavy atom. The maximum atomic E-state index is 12.8. The summed E-state index contributed by atoms with van der Waals surface area (Å²) in [6, 6.07) is 16.5. The lowest BCUT2D eigenvalue weighted by molar-refractivity contribution is 0.0927. The first-order valence-corrected chi connectivity index (χ1v) is 11.8. The molecule has 0 saturated heterocycles. The number of rotatable bonds is 9. The molecule has 0 aliphatic heterocycles. The molecule has 2 amide bonds. The van der Waals surface area contributed by atoms with Crippen molar-refractivity contribution >= 4 is 27.5 Å². The molecule has 178 valence electrons. The van der Waals surface area contributed by atoms with Crippen LogP contribution in [0, 0.1) is 6.92 Å². The van der Waals surface area contributed by atoms with Gasteiger partial charge in [0.15, 0.2) is 0 Å². The molecule has 3 rings (SSSR count). The SMILES string of the molecule is COc1ccc(NS(=O)(=O)c2ccc(C)c(C(=O)NCCNC(=O)c3ccc(O)cc3)c2)cc1.